The van der Waals surface area contributed by atoms with Crippen LogP contribution in [0.5, 0.6) is 0 Å². The van der Waals surface area contributed by atoms with Gasteiger partial charge in [-0.05, 0) is 12.0 Å². The molecule has 1 unspecified atom stereocenters. The number of carboxylic acids is 1. The summed E-state index contributed by atoms with van der Waals surface area (Å²) in [6, 6.07) is 8.27. The zero-order chi connectivity index (χ0) is 13.0. The molecule has 1 atom stereocenters. The third-order valence-corrected chi connectivity index (χ3v) is 3.01. The fourth-order valence-corrected chi connectivity index (χ4v) is 2.19. The lowest BCUT2D eigenvalue weighted by Crippen LogP contribution is -2.39. The Balaban J connectivity index is 2.24. The van der Waals surface area contributed by atoms with Crippen LogP contribution in [-0.2, 0) is 9.59 Å². The minimum atomic E-state index is -0.920. The third-order valence-electron chi connectivity index (χ3n) is 3.01. The molecular formula is C13H16N2O3. The molecule has 2 N–H and O–H groups in total. The fourth-order valence-electron chi connectivity index (χ4n) is 2.19. The number of carboxylic acid groups (broad SMARTS) is 1. The van der Waals surface area contributed by atoms with E-state index in [4.69, 9.17) is 0 Å². The van der Waals surface area contributed by atoms with Gasteiger partial charge in [0, 0.05) is 13.1 Å². The summed E-state index contributed by atoms with van der Waals surface area (Å²) in [6.45, 7) is 1.34. The van der Waals surface area contributed by atoms with Crippen molar-refractivity contribution in [1.29, 1.82) is 0 Å². The molecule has 0 spiro atoms. The molecule has 1 heterocycles. The number of nitrogens with zero attached hydrogens (tertiary/aromatic N) is 1. The molecule has 1 fully saturated rings. The van der Waals surface area contributed by atoms with Crippen molar-refractivity contribution in [2.24, 2.45) is 0 Å². The number of rotatable bonds is 3. The van der Waals surface area contributed by atoms with Crippen molar-refractivity contribution in [3.05, 3.63) is 35.9 Å². The highest BCUT2D eigenvalue weighted by atomic mass is 16.4. The van der Waals surface area contributed by atoms with Crippen molar-refractivity contribution in [3.63, 3.8) is 0 Å². The molecule has 1 aliphatic heterocycles. The molecule has 0 radical (unpaired) electrons. The second kappa shape index (κ2) is 5.64. The summed E-state index contributed by atoms with van der Waals surface area (Å²) in [5.41, 5.74) is 0.708. The predicted octanol–water partition coefficient (Wildman–Crippen LogP) is 0.634. The van der Waals surface area contributed by atoms with E-state index >= 15 is 0 Å². The van der Waals surface area contributed by atoms with Crippen LogP contribution >= 0.6 is 0 Å². The second-order valence-electron chi connectivity index (χ2n) is 4.33. The predicted molar refractivity (Wildman–Crippen MR) is 66.0 cm³/mol. The average molecular weight is 248 g/mol. The van der Waals surface area contributed by atoms with E-state index < -0.39 is 12.0 Å². The molecule has 2 rings (SSSR count). The van der Waals surface area contributed by atoms with E-state index in [9.17, 15) is 14.7 Å². The average Bonchev–Trinajstić information content (AvgIpc) is 2.55. The van der Waals surface area contributed by atoms with Crippen molar-refractivity contribution in [3.8, 4) is 0 Å². The van der Waals surface area contributed by atoms with Crippen LogP contribution < -0.4 is 5.32 Å². The SMILES string of the molecule is O=C1CN(C(C(=O)O)c2ccccc2)CCCN1. The Morgan fingerprint density at radius 3 is 2.72 bits per heavy atom. The van der Waals surface area contributed by atoms with E-state index in [1.54, 1.807) is 17.0 Å². The molecule has 18 heavy (non-hydrogen) atoms. The molecule has 1 aliphatic rings. The van der Waals surface area contributed by atoms with E-state index in [0.717, 1.165) is 6.42 Å². The highest BCUT2D eigenvalue weighted by molar-refractivity contribution is 5.80. The van der Waals surface area contributed by atoms with Crippen LogP contribution in [0.2, 0.25) is 0 Å². The number of hydrogen-bond donors (Lipinski definition) is 2. The van der Waals surface area contributed by atoms with Gasteiger partial charge in [0.25, 0.3) is 0 Å². The Bertz CT molecular complexity index is 433. The molecule has 1 saturated heterocycles. The van der Waals surface area contributed by atoms with Crippen LogP contribution in [0.25, 0.3) is 0 Å². The van der Waals surface area contributed by atoms with E-state index in [-0.39, 0.29) is 12.5 Å². The van der Waals surface area contributed by atoms with Gasteiger partial charge in [0.1, 0.15) is 6.04 Å². The molecule has 1 aromatic rings. The molecule has 0 aliphatic carbocycles. The number of nitrogens with one attached hydrogen (secondary N) is 1. The maximum absolute atomic E-state index is 11.5. The summed E-state index contributed by atoms with van der Waals surface area (Å²) in [5, 5.41) is 12.1. The largest absolute Gasteiger partial charge is 0.480 e. The van der Waals surface area contributed by atoms with Crippen molar-refractivity contribution in [2.45, 2.75) is 12.5 Å². The topological polar surface area (TPSA) is 69.6 Å². The van der Waals surface area contributed by atoms with Crippen LogP contribution in [0.4, 0.5) is 0 Å². The van der Waals surface area contributed by atoms with Crippen molar-refractivity contribution < 1.29 is 14.7 Å². The number of carbonyl (C=O) groups excluding carboxylic acids is 1. The van der Waals surface area contributed by atoms with Gasteiger partial charge >= 0.3 is 5.97 Å². The van der Waals surface area contributed by atoms with Crippen LogP contribution in [0.1, 0.15) is 18.0 Å². The third kappa shape index (κ3) is 2.87. The number of hydrogen-bond acceptors (Lipinski definition) is 3. The van der Waals surface area contributed by atoms with Gasteiger partial charge in [-0.3, -0.25) is 14.5 Å². The Morgan fingerprint density at radius 2 is 2.06 bits per heavy atom. The van der Waals surface area contributed by atoms with Crippen LogP contribution in [0.15, 0.2) is 30.3 Å². The van der Waals surface area contributed by atoms with Gasteiger partial charge in [-0.2, -0.15) is 0 Å². The van der Waals surface area contributed by atoms with Gasteiger partial charge < -0.3 is 10.4 Å². The maximum Gasteiger partial charge on any atom is 0.325 e. The first-order chi connectivity index (χ1) is 8.68. The van der Waals surface area contributed by atoms with E-state index in [0.29, 0.717) is 18.7 Å². The Labute approximate surface area is 105 Å². The maximum atomic E-state index is 11.5. The highest BCUT2D eigenvalue weighted by Gasteiger charge is 2.29. The van der Waals surface area contributed by atoms with Gasteiger partial charge in [-0.15, -0.1) is 0 Å². The van der Waals surface area contributed by atoms with Crippen molar-refractivity contribution in [2.75, 3.05) is 19.6 Å². The molecular weight excluding hydrogens is 232 g/mol. The first-order valence-corrected chi connectivity index (χ1v) is 5.97. The lowest BCUT2D eigenvalue weighted by Gasteiger charge is -2.26. The normalized spacial score (nSPS) is 18.8. The summed E-state index contributed by atoms with van der Waals surface area (Å²) >= 11 is 0. The summed E-state index contributed by atoms with van der Waals surface area (Å²) in [7, 11) is 0. The Hall–Kier alpha value is -1.88. The quantitative estimate of drug-likeness (QED) is 0.823. The first kappa shape index (κ1) is 12.6. The number of amides is 1. The van der Waals surface area contributed by atoms with Crippen LogP contribution in [-0.4, -0.2) is 41.5 Å². The first-order valence-electron chi connectivity index (χ1n) is 5.97. The molecule has 96 valence electrons. The second-order valence-corrected chi connectivity index (χ2v) is 4.33. The lowest BCUT2D eigenvalue weighted by atomic mass is 10.1. The zero-order valence-electron chi connectivity index (χ0n) is 10.0. The molecule has 0 aromatic heterocycles. The molecule has 1 aromatic carbocycles. The minimum Gasteiger partial charge on any atom is -0.480 e. The van der Waals surface area contributed by atoms with Gasteiger partial charge in [-0.25, -0.2) is 0 Å². The van der Waals surface area contributed by atoms with Gasteiger partial charge in [0.2, 0.25) is 5.91 Å². The highest BCUT2D eigenvalue weighted by Crippen LogP contribution is 2.21. The summed E-state index contributed by atoms with van der Waals surface area (Å²) in [4.78, 5) is 24.7. The van der Waals surface area contributed by atoms with E-state index in [1.165, 1.54) is 0 Å². The van der Waals surface area contributed by atoms with Gasteiger partial charge in [0.05, 0.1) is 6.54 Å². The Kier molecular flexibility index (Phi) is 3.94. The number of benzene rings is 1. The van der Waals surface area contributed by atoms with Crippen molar-refractivity contribution >= 4 is 11.9 Å². The smallest absolute Gasteiger partial charge is 0.325 e. The van der Waals surface area contributed by atoms with Crippen LogP contribution in [0.3, 0.4) is 0 Å². The fraction of sp³-hybridized carbons (Fsp3) is 0.385. The van der Waals surface area contributed by atoms with Crippen LogP contribution in [0, 0.1) is 0 Å². The zero-order valence-corrected chi connectivity index (χ0v) is 10.0. The number of aliphatic carboxylic acids is 1. The summed E-state index contributed by atoms with van der Waals surface area (Å²) in [5.74, 6) is -1.04. The van der Waals surface area contributed by atoms with Crippen molar-refractivity contribution in [1.82, 2.24) is 10.2 Å². The van der Waals surface area contributed by atoms with Gasteiger partial charge in [0.15, 0.2) is 0 Å². The minimum absolute atomic E-state index is 0.116. The standard InChI is InChI=1S/C13H16N2O3/c16-11-9-15(8-4-7-14-11)12(13(17)18)10-5-2-1-3-6-10/h1-3,5-6,12H,4,7-9H2,(H,14,16)(H,17,18). The monoisotopic (exact) mass is 248 g/mol. The lowest BCUT2D eigenvalue weighted by molar-refractivity contribution is -0.144. The molecule has 0 bridgehead atoms. The van der Waals surface area contributed by atoms with Gasteiger partial charge in [-0.1, -0.05) is 30.3 Å². The molecule has 5 nitrogen and oxygen atoms in total. The van der Waals surface area contributed by atoms with E-state index in [1.807, 2.05) is 18.2 Å². The Morgan fingerprint density at radius 1 is 1.33 bits per heavy atom. The number of carbonyl (C=O) groups is 2. The van der Waals surface area contributed by atoms with E-state index in [2.05, 4.69) is 5.32 Å². The molecule has 0 saturated carbocycles. The summed E-state index contributed by atoms with van der Waals surface area (Å²) in [6.07, 6.45) is 0.766. The molecule has 1 amide bonds. The summed E-state index contributed by atoms with van der Waals surface area (Å²) < 4.78 is 0. The molecule has 5 heteroatoms.